The van der Waals surface area contributed by atoms with E-state index >= 15 is 0 Å². The Hall–Kier alpha value is -2.55. The predicted octanol–water partition coefficient (Wildman–Crippen LogP) is 4.02. The standard InChI is InChI=1S/C19H19NO2/c1-20(19(21)12-11-15-7-3-2-4-8-15)14-17-13-16-9-5-6-10-18(16)22-17/h2-10,13H,11-12,14H2,1H3. The quantitative estimate of drug-likeness (QED) is 0.711. The molecule has 0 fully saturated rings. The van der Waals surface area contributed by atoms with Gasteiger partial charge in [-0.1, -0.05) is 48.5 Å². The lowest BCUT2D eigenvalue weighted by Crippen LogP contribution is -2.26. The molecule has 112 valence electrons. The van der Waals surface area contributed by atoms with Gasteiger partial charge in [-0.05, 0) is 24.1 Å². The fourth-order valence-corrected chi connectivity index (χ4v) is 2.52. The van der Waals surface area contributed by atoms with E-state index < -0.39 is 0 Å². The fraction of sp³-hybridized carbons (Fsp3) is 0.211. The van der Waals surface area contributed by atoms with E-state index in [0.29, 0.717) is 13.0 Å². The molecule has 0 unspecified atom stereocenters. The van der Waals surface area contributed by atoms with Crippen molar-refractivity contribution in [2.75, 3.05) is 7.05 Å². The van der Waals surface area contributed by atoms with Crippen molar-refractivity contribution in [1.82, 2.24) is 4.90 Å². The topological polar surface area (TPSA) is 33.5 Å². The SMILES string of the molecule is CN(Cc1cc2ccccc2o1)C(=O)CCc1ccccc1. The number of hydrogen-bond donors (Lipinski definition) is 0. The summed E-state index contributed by atoms with van der Waals surface area (Å²) < 4.78 is 5.76. The molecule has 3 aromatic rings. The van der Waals surface area contributed by atoms with Gasteiger partial charge in [0.2, 0.25) is 5.91 Å². The second-order valence-electron chi connectivity index (χ2n) is 5.49. The lowest BCUT2D eigenvalue weighted by molar-refractivity contribution is -0.130. The molecule has 0 N–H and O–H groups in total. The zero-order chi connectivity index (χ0) is 15.4. The molecule has 0 aliphatic carbocycles. The van der Waals surface area contributed by atoms with Crippen LogP contribution in [0.4, 0.5) is 0 Å². The van der Waals surface area contributed by atoms with Gasteiger partial charge in [-0.25, -0.2) is 0 Å². The molecular formula is C19H19NO2. The molecule has 1 aromatic heterocycles. The third kappa shape index (κ3) is 3.37. The van der Waals surface area contributed by atoms with Crippen LogP contribution < -0.4 is 0 Å². The predicted molar refractivity (Wildman–Crippen MR) is 87.5 cm³/mol. The van der Waals surface area contributed by atoms with Crippen molar-refractivity contribution in [3.8, 4) is 0 Å². The monoisotopic (exact) mass is 293 g/mol. The van der Waals surface area contributed by atoms with Gasteiger partial charge in [0.15, 0.2) is 0 Å². The largest absolute Gasteiger partial charge is 0.459 e. The van der Waals surface area contributed by atoms with Crippen LogP contribution >= 0.6 is 0 Å². The van der Waals surface area contributed by atoms with E-state index in [1.54, 1.807) is 4.90 Å². The molecule has 0 saturated heterocycles. The molecule has 0 aliphatic heterocycles. The average molecular weight is 293 g/mol. The van der Waals surface area contributed by atoms with Gasteiger partial charge in [-0.2, -0.15) is 0 Å². The second-order valence-corrected chi connectivity index (χ2v) is 5.49. The molecule has 0 atom stereocenters. The van der Waals surface area contributed by atoms with E-state index in [9.17, 15) is 4.79 Å². The van der Waals surface area contributed by atoms with E-state index in [2.05, 4.69) is 0 Å². The number of carbonyl (C=O) groups excluding carboxylic acids is 1. The zero-order valence-corrected chi connectivity index (χ0v) is 12.7. The van der Waals surface area contributed by atoms with Crippen LogP contribution in [0.25, 0.3) is 11.0 Å². The number of para-hydroxylation sites is 1. The van der Waals surface area contributed by atoms with Crippen molar-refractivity contribution in [1.29, 1.82) is 0 Å². The van der Waals surface area contributed by atoms with Gasteiger partial charge in [0, 0.05) is 18.9 Å². The van der Waals surface area contributed by atoms with Crippen LogP contribution in [-0.2, 0) is 17.8 Å². The first-order chi connectivity index (χ1) is 10.7. The number of nitrogens with zero attached hydrogens (tertiary/aromatic N) is 1. The summed E-state index contributed by atoms with van der Waals surface area (Å²) in [5, 5.41) is 1.07. The third-order valence-electron chi connectivity index (χ3n) is 3.77. The Balaban J connectivity index is 1.58. The van der Waals surface area contributed by atoms with Crippen molar-refractivity contribution in [2.24, 2.45) is 0 Å². The van der Waals surface area contributed by atoms with Gasteiger partial charge in [0.25, 0.3) is 0 Å². The van der Waals surface area contributed by atoms with Crippen LogP contribution in [0.1, 0.15) is 17.7 Å². The number of amides is 1. The summed E-state index contributed by atoms with van der Waals surface area (Å²) in [5.41, 5.74) is 2.05. The number of aryl methyl sites for hydroxylation is 1. The minimum atomic E-state index is 0.129. The third-order valence-corrected chi connectivity index (χ3v) is 3.77. The normalized spacial score (nSPS) is 10.8. The van der Waals surface area contributed by atoms with E-state index in [1.807, 2.05) is 67.7 Å². The van der Waals surface area contributed by atoms with Crippen LogP contribution in [0.3, 0.4) is 0 Å². The van der Waals surface area contributed by atoms with Gasteiger partial charge in [0.05, 0.1) is 6.54 Å². The molecule has 0 radical (unpaired) electrons. The minimum absolute atomic E-state index is 0.129. The van der Waals surface area contributed by atoms with Crippen LogP contribution in [0.2, 0.25) is 0 Å². The molecule has 0 aliphatic rings. The summed E-state index contributed by atoms with van der Waals surface area (Å²) in [6.45, 7) is 0.502. The maximum atomic E-state index is 12.2. The van der Waals surface area contributed by atoms with E-state index in [0.717, 1.165) is 23.2 Å². The summed E-state index contributed by atoms with van der Waals surface area (Å²) in [5.74, 6) is 0.945. The van der Waals surface area contributed by atoms with Gasteiger partial charge < -0.3 is 9.32 Å². The molecule has 0 bridgehead atoms. The van der Waals surface area contributed by atoms with Crippen molar-refractivity contribution >= 4 is 16.9 Å². The molecular weight excluding hydrogens is 274 g/mol. The van der Waals surface area contributed by atoms with Crippen molar-refractivity contribution in [3.05, 3.63) is 72.0 Å². The van der Waals surface area contributed by atoms with E-state index in [4.69, 9.17) is 4.42 Å². The molecule has 0 spiro atoms. The maximum absolute atomic E-state index is 12.2. The maximum Gasteiger partial charge on any atom is 0.223 e. The molecule has 2 aromatic carbocycles. The highest BCUT2D eigenvalue weighted by atomic mass is 16.3. The van der Waals surface area contributed by atoms with Gasteiger partial charge in [0.1, 0.15) is 11.3 Å². The molecule has 3 heteroatoms. The first-order valence-corrected chi connectivity index (χ1v) is 7.48. The Morgan fingerprint density at radius 1 is 1.05 bits per heavy atom. The first-order valence-electron chi connectivity index (χ1n) is 7.48. The number of carbonyl (C=O) groups is 1. The van der Waals surface area contributed by atoms with Crippen LogP contribution in [0, 0.1) is 0 Å². The number of rotatable bonds is 5. The molecule has 1 amide bonds. The highest BCUT2D eigenvalue weighted by Gasteiger charge is 2.12. The molecule has 1 heterocycles. The highest BCUT2D eigenvalue weighted by molar-refractivity contribution is 5.78. The minimum Gasteiger partial charge on any atom is -0.459 e. The van der Waals surface area contributed by atoms with Crippen LogP contribution in [-0.4, -0.2) is 17.9 Å². The molecule has 0 saturated carbocycles. The highest BCUT2D eigenvalue weighted by Crippen LogP contribution is 2.20. The Morgan fingerprint density at radius 3 is 2.55 bits per heavy atom. The average Bonchev–Trinajstić information content (AvgIpc) is 2.95. The zero-order valence-electron chi connectivity index (χ0n) is 12.7. The van der Waals surface area contributed by atoms with E-state index in [-0.39, 0.29) is 5.91 Å². The summed E-state index contributed by atoms with van der Waals surface area (Å²) in [4.78, 5) is 13.9. The van der Waals surface area contributed by atoms with Crippen LogP contribution in [0.5, 0.6) is 0 Å². The summed E-state index contributed by atoms with van der Waals surface area (Å²) in [6.07, 6.45) is 1.28. The summed E-state index contributed by atoms with van der Waals surface area (Å²) in [7, 11) is 1.82. The number of benzene rings is 2. The smallest absolute Gasteiger partial charge is 0.223 e. The molecule has 22 heavy (non-hydrogen) atoms. The van der Waals surface area contributed by atoms with Crippen LogP contribution in [0.15, 0.2) is 65.1 Å². The van der Waals surface area contributed by atoms with Gasteiger partial charge >= 0.3 is 0 Å². The van der Waals surface area contributed by atoms with Crippen molar-refractivity contribution in [3.63, 3.8) is 0 Å². The summed E-state index contributed by atoms with van der Waals surface area (Å²) >= 11 is 0. The number of fused-ring (bicyclic) bond motifs is 1. The number of hydrogen-bond acceptors (Lipinski definition) is 2. The Kier molecular flexibility index (Phi) is 4.24. The fourth-order valence-electron chi connectivity index (χ4n) is 2.52. The Labute approximate surface area is 130 Å². The second kappa shape index (κ2) is 6.48. The molecule has 3 nitrogen and oxygen atoms in total. The van der Waals surface area contributed by atoms with Gasteiger partial charge in [-0.15, -0.1) is 0 Å². The lowest BCUT2D eigenvalue weighted by Gasteiger charge is -2.15. The lowest BCUT2D eigenvalue weighted by atomic mass is 10.1. The molecule has 3 rings (SSSR count). The van der Waals surface area contributed by atoms with Crippen molar-refractivity contribution in [2.45, 2.75) is 19.4 Å². The van der Waals surface area contributed by atoms with Crippen molar-refractivity contribution < 1.29 is 9.21 Å². The first kappa shape index (κ1) is 14.4. The summed E-state index contributed by atoms with van der Waals surface area (Å²) in [6, 6.07) is 20.0. The van der Waals surface area contributed by atoms with E-state index in [1.165, 1.54) is 5.56 Å². The Morgan fingerprint density at radius 2 is 1.77 bits per heavy atom. The number of furan rings is 1. The Bertz CT molecular complexity index is 728. The van der Waals surface area contributed by atoms with Gasteiger partial charge in [-0.3, -0.25) is 4.79 Å².